The van der Waals surface area contributed by atoms with Crippen molar-refractivity contribution in [3.05, 3.63) is 35.9 Å². The summed E-state index contributed by atoms with van der Waals surface area (Å²) in [5, 5.41) is 3.17. The molecule has 1 aromatic rings. The van der Waals surface area contributed by atoms with Crippen LogP contribution in [-0.2, 0) is 24.5 Å². The molecule has 2 rings (SSSR count). The lowest BCUT2D eigenvalue weighted by Gasteiger charge is -2.41. The van der Waals surface area contributed by atoms with Crippen LogP contribution in [0.2, 0.25) is 0 Å². The maximum Gasteiger partial charge on any atom is 0.323 e. The van der Waals surface area contributed by atoms with E-state index in [0.29, 0.717) is 13.0 Å². The number of nitrogens with zero attached hydrogens (tertiary/aromatic N) is 2. The zero-order valence-corrected chi connectivity index (χ0v) is 25.3. The number of carbonyl (C=O) groups excluding carboxylic acids is 3. The normalized spacial score (nSPS) is 19.1. The highest BCUT2D eigenvalue weighted by Gasteiger charge is 2.42. The molecule has 38 heavy (non-hydrogen) atoms. The number of likely N-dealkylation sites (N-methyl/N-ethyl adjacent to an activating group) is 1. The zero-order valence-electron chi connectivity index (χ0n) is 25.3. The molecule has 7 heteroatoms. The van der Waals surface area contributed by atoms with Gasteiger partial charge in [-0.25, -0.2) is 0 Å². The summed E-state index contributed by atoms with van der Waals surface area (Å²) in [7, 11) is 3.25. The van der Waals surface area contributed by atoms with Gasteiger partial charge >= 0.3 is 5.97 Å². The molecular formula is C31H51N3O4. The van der Waals surface area contributed by atoms with Gasteiger partial charge in [-0.1, -0.05) is 85.7 Å². The summed E-state index contributed by atoms with van der Waals surface area (Å²) in [6, 6.07) is 9.02. The first-order valence-electron chi connectivity index (χ1n) is 14.1. The third kappa shape index (κ3) is 7.37. The molecule has 2 amide bonds. The maximum absolute atomic E-state index is 14.0. The Morgan fingerprint density at radius 3 is 2.21 bits per heavy atom. The van der Waals surface area contributed by atoms with E-state index < -0.39 is 16.9 Å². The van der Waals surface area contributed by atoms with E-state index in [2.05, 4.69) is 50.0 Å². The Morgan fingerprint density at radius 2 is 1.71 bits per heavy atom. The Hall–Kier alpha value is -2.41. The summed E-state index contributed by atoms with van der Waals surface area (Å²) >= 11 is 0. The number of esters is 1. The standard InChI is InChI=1S/C31H51N3O4/c1-11-23(31(7,8)22-16-13-12-14-17-22)27(35)32-26(30(4,5)6)28(36)33(9)25(21(2)3)20-34-19-15-18-24(34)29(37)38-10/h12-14,16-17,21,23-26H,11,15,18-20H2,1-10H3,(H,32,35)/t23-,24+,25-,26-/m1/s1. The minimum Gasteiger partial charge on any atom is -0.468 e. The van der Waals surface area contributed by atoms with Crippen LogP contribution in [0.5, 0.6) is 0 Å². The second-order valence-corrected chi connectivity index (χ2v) is 12.8. The predicted molar refractivity (Wildman–Crippen MR) is 153 cm³/mol. The van der Waals surface area contributed by atoms with Crippen LogP contribution < -0.4 is 5.32 Å². The molecule has 214 valence electrons. The van der Waals surface area contributed by atoms with Gasteiger partial charge in [0.25, 0.3) is 0 Å². The second kappa shape index (κ2) is 13.1. The topological polar surface area (TPSA) is 79.0 Å². The highest BCUT2D eigenvalue weighted by molar-refractivity contribution is 5.90. The Balaban J connectivity index is 2.28. The molecule has 1 aliphatic heterocycles. The van der Waals surface area contributed by atoms with Crippen molar-refractivity contribution in [3.63, 3.8) is 0 Å². The quantitative estimate of drug-likeness (QED) is 0.423. The van der Waals surface area contributed by atoms with Gasteiger partial charge in [0.2, 0.25) is 11.8 Å². The Labute approximate surface area is 230 Å². The van der Waals surface area contributed by atoms with Crippen LogP contribution in [0.1, 0.15) is 80.2 Å². The number of rotatable bonds is 11. The molecule has 1 saturated heterocycles. The molecule has 0 bridgehead atoms. The monoisotopic (exact) mass is 529 g/mol. The summed E-state index contributed by atoms with van der Waals surface area (Å²) < 4.78 is 5.02. The number of hydrogen-bond donors (Lipinski definition) is 1. The third-order valence-corrected chi connectivity index (χ3v) is 8.39. The Kier molecular flexibility index (Phi) is 11.0. The number of benzene rings is 1. The van der Waals surface area contributed by atoms with Crippen LogP contribution in [0.25, 0.3) is 0 Å². The smallest absolute Gasteiger partial charge is 0.323 e. The minimum absolute atomic E-state index is 0.102. The van der Waals surface area contributed by atoms with Gasteiger partial charge in [0.05, 0.1) is 7.11 Å². The summed E-state index contributed by atoms with van der Waals surface area (Å²) in [6.07, 6.45) is 2.36. The van der Waals surface area contributed by atoms with Crippen molar-refractivity contribution >= 4 is 17.8 Å². The number of hydrogen-bond acceptors (Lipinski definition) is 5. The van der Waals surface area contributed by atoms with Crippen LogP contribution >= 0.6 is 0 Å². The van der Waals surface area contributed by atoms with Gasteiger partial charge in [0.15, 0.2) is 0 Å². The fourth-order valence-electron chi connectivity index (χ4n) is 5.82. The molecule has 0 radical (unpaired) electrons. The van der Waals surface area contributed by atoms with Crippen molar-refractivity contribution in [2.24, 2.45) is 17.3 Å². The Bertz CT molecular complexity index is 938. The second-order valence-electron chi connectivity index (χ2n) is 12.8. The van der Waals surface area contributed by atoms with Gasteiger partial charge in [-0.3, -0.25) is 19.3 Å². The maximum atomic E-state index is 14.0. The molecule has 1 fully saturated rings. The van der Waals surface area contributed by atoms with E-state index in [1.54, 1.807) is 4.90 Å². The van der Waals surface area contributed by atoms with Crippen LogP contribution in [0.3, 0.4) is 0 Å². The molecular weight excluding hydrogens is 478 g/mol. The first-order valence-corrected chi connectivity index (χ1v) is 14.1. The van der Waals surface area contributed by atoms with Gasteiger partial charge in [-0.15, -0.1) is 0 Å². The summed E-state index contributed by atoms with van der Waals surface area (Å²) in [6.45, 7) is 17.8. The number of likely N-dealkylation sites (tertiary alicyclic amines) is 1. The number of carbonyl (C=O) groups is 3. The lowest BCUT2D eigenvalue weighted by atomic mass is 9.71. The molecule has 1 aromatic carbocycles. The highest BCUT2D eigenvalue weighted by Crippen LogP contribution is 2.35. The number of ether oxygens (including phenoxy) is 1. The van der Waals surface area contributed by atoms with Crippen LogP contribution in [-0.4, -0.2) is 73.0 Å². The molecule has 0 saturated carbocycles. The van der Waals surface area contributed by atoms with E-state index in [0.717, 1.165) is 24.9 Å². The van der Waals surface area contributed by atoms with Crippen LogP contribution in [0.4, 0.5) is 0 Å². The predicted octanol–water partition coefficient (Wildman–Crippen LogP) is 4.64. The zero-order chi connectivity index (χ0) is 28.8. The molecule has 1 heterocycles. The molecule has 0 unspecified atom stereocenters. The lowest BCUT2D eigenvalue weighted by molar-refractivity contribution is -0.147. The fraction of sp³-hybridized carbons (Fsp3) is 0.710. The van der Waals surface area contributed by atoms with Crippen molar-refractivity contribution in [3.8, 4) is 0 Å². The van der Waals surface area contributed by atoms with Crippen LogP contribution in [0.15, 0.2) is 30.3 Å². The van der Waals surface area contributed by atoms with E-state index in [9.17, 15) is 14.4 Å². The van der Waals surface area contributed by atoms with Crippen molar-refractivity contribution < 1.29 is 19.1 Å². The summed E-state index contributed by atoms with van der Waals surface area (Å²) in [4.78, 5) is 44.1. The molecule has 4 atom stereocenters. The first kappa shape index (κ1) is 31.8. The van der Waals surface area contributed by atoms with E-state index in [1.165, 1.54) is 7.11 Å². The largest absolute Gasteiger partial charge is 0.468 e. The van der Waals surface area contributed by atoms with Gasteiger partial charge in [0, 0.05) is 31.0 Å². The lowest BCUT2D eigenvalue weighted by Crippen LogP contribution is -2.60. The molecule has 7 nitrogen and oxygen atoms in total. The van der Waals surface area contributed by atoms with Gasteiger partial charge in [0.1, 0.15) is 12.1 Å². The third-order valence-electron chi connectivity index (χ3n) is 8.39. The van der Waals surface area contributed by atoms with Crippen molar-refractivity contribution in [1.82, 2.24) is 15.1 Å². The molecule has 0 spiro atoms. The van der Waals surface area contributed by atoms with E-state index in [4.69, 9.17) is 4.74 Å². The summed E-state index contributed by atoms with van der Waals surface area (Å²) in [5.74, 6) is -0.552. The SMILES string of the molecule is CC[C@H](C(=O)N[C@H](C(=O)N(C)[C@H](CN1CCC[C@H]1C(=O)OC)C(C)C)C(C)(C)C)C(C)(C)c1ccccc1. The van der Waals surface area contributed by atoms with Gasteiger partial charge < -0.3 is 15.0 Å². The van der Waals surface area contributed by atoms with Gasteiger partial charge in [-0.2, -0.15) is 0 Å². The fourth-order valence-corrected chi connectivity index (χ4v) is 5.82. The van der Waals surface area contributed by atoms with Crippen molar-refractivity contribution in [2.75, 3.05) is 27.2 Å². The average molecular weight is 530 g/mol. The number of methoxy groups -OCH3 is 1. The van der Waals surface area contributed by atoms with Gasteiger partial charge in [-0.05, 0) is 42.7 Å². The van der Waals surface area contributed by atoms with Crippen LogP contribution in [0, 0.1) is 17.3 Å². The minimum atomic E-state index is -0.683. The highest BCUT2D eigenvalue weighted by atomic mass is 16.5. The first-order chi connectivity index (χ1) is 17.7. The summed E-state index contributed by atoms with van der Waals surface area (Å²) in [5.41, 5.74) is 0.222. The van der Waals surface area contributed by atoms with E-state index in [-0.39, 0.29) is 41.7 Å². The molecule has 1 aliphatic rings. The molecule has 1 N–H and O–H groups in total. The number of nitrogens with one attached hydrogen (secondary N) is 1. The van der Waals surface area contributed by atoms with E-state index in [1.807, 2.05) is 52.9 Å². The number of amides is 2. The average Bonchev–Trinajstić information content (AvgIpc) is 3.32. The molecule has 0 aromatic heterocycles. The molecule has 0 aliphatic carbocycles. The Morgan fingerprint density at radius 1 is 1.11 bits per heavy atom. The van der Waals surface area contributed by atoms with Crippen molar-refractivity contribution in [1.29, 1.82) is 0 Å². The van der Waals surface area contributed by atoms with Crippen molar-refractivity contribution in [2.45, 2.75) is 98.2 Å². The van der Waals surface area contributed by atoms with E-state index >= 15 is 0 Å².